The molecule has 0 radical (unpaired) electrons. The van der Waals surface area contributed by atoms with Crippen molar-refractivity contribution in [2.24, 2.45) is 0 Å². The summed E-state index contributed by atoms with van der Waals surface area (Å²) < 4.78 is 25.7. The SMILES string of the molecule is CCCCC(F)(F)C(O)CCO. The lowest BCUT2D eigenvalue weighted by Gasteiger charge is -2.21. The quantitative estimate of drug-likeness (QED) is 0.654. The van der Waals surface area contributed by atoms with Crippen molar-refractivity contribution in [3.63, 3.8) is 0 Å². The Balaban J connectivity index is 3.81. The van der Waals surface area contributed by atoms with Gasteiger partial charge in [-0.1, -0.05) is 13.3 Å². The second-order valence-electron chi connectivity index (χ2n) is 2.89. The van der Waals surface area contributed by atoms with E-state index in [1.54, 1.807) is 0 Å². The first-order valence-electron chi connectivity index (χ1n) is 4.21. The van der Waals surface area contributed by atoms with E-state index in [0.29, 0.717) is 12.8 Å². The van der Waals surface area contributed by atoms with Gasteiger partial charge < -0.3 is 10.2 Å². The van der Waals surface area contributed by atoms with E-state index in [4.69, 9.17) is 10.2 Å². The van der Waals surface area contributed by atoms with Gasteiger partial charge in [0.05, 0.1) is 0 Å². The Morgan fingerprint density at radius 1 is 1.42 bits per heavy atom. The van der Waals surface area contributed by atoms with Crippen molar-refractivity contribution in [3.05, 3.63) is 0 Å². The van der Waals surface area contributed by atoms with Crippen molar-refractivity contribution in [2.75, 3.05) is 6.61 Å². The first-order valence-corrected chi connectivity index (χ1v) is 4.21. The van der Waals surface area contributed by atoms with Crippen LogP contribution in [0.25, 0.3) is 0 Å². The number of rotatable bonds is 6. The molecule has 2 nitrogen and oxygen atoms in total. The maximum absolute atomic E-state index is 12.8. The molecule has 0 amide bonds. The van der Waals surface area contributed by atoms with Gasteiger partial charge in [-0.15, -0.1) is 0 Å². The second kappa shape index (κ2) is 5.43. The normalized spacial score (nSPS) is 14.8. The average Bonchev–Trinajstić information content (AvgIpc) is 2.01. The Bertz CT molecular complexity index is 118. The molecule has 74 valence electrons. The van der Waals surface area contributed by atoms with Crippen LogP contribution in [-0.4, -0.2) is 28.8 Å². The molecule has 0 heterocycles. The van der Waals surface area contributed by atoms with Crippen molar-refractivity contribution in [3.8, 4) is 0 Å². The number of hydrogen-bond acceptors (Lipinski definition) is 2. The van der Waals surface area contributed by atoms with Crippen molar-refractivity contribution in [1.29, 1.82) is 0 Å². The molecule has 2 N–H and O–H groups in total. The summed E-state index contributed by atoms with van der Waals surface area (Å²) in [6.07, 6.45) is -1.17. The van der Waals surface area contributed by atoms with Gasteiger partial charge in [-0.3, -0.25) is 0 Å². The molecule has 12 heavy (non-hydrogen) atoms. The van der Waals surface area contributed by atoms with E-state index in [1.165, 1.54) is 0 Å². The van der Waals surface area contributed by atoms with Crippen LogP contribution >= 0.6 is 0 Å². The largest absolute Gasteiger partial charge is 0.396 e. The average molecular weight is 182 g/mol. The predicted molar refractivity (Wildman–Crippen MR) is 42.2 cm³/mol. The van der Waals surface area contributed by atoms with E-state index in [0.717, 1.165) is 0 Å². The van der Waals surface area contributed by atoms with E-state index in [9.17, 15) is 8.78 Å². The fraction of sp³-hybridized carbons (Fsp3) is 1.00. The summed E-state index contributed by atoms with van der Waals surface area (Å²) in [7, 11) is 0. The van der Waals surface area contributed by atoms with Crippen LogP contribution in [0.1, 0.15) is 32.6 Å². The molecule has 0 aliphatic carbocycles. The first kappa shape index (κ1) is 11.8. The number of hydrogen-bond donors (Lipinski definition) is 2. The highest BCUT2D eigenvalue weighted by atomic mass is 19.3. The summed E-state index contributed by atoms with van der Waals surface area (Å²) in [6, 6.07) is 0. The zero-order valence-corrected chi connectivity index (χ0v) is 7.26. The highest BCUT2D eigenvalue weighted by Crippen LogP contribution is 2.26. The third-order valence-electron chi connectivity index (χ3n) is 1.75. The van der Waals surface area contributed by atoms with Crippen molar-refractivity contribution in [1.82, 2.24) is 0 Å². The number of unbranched alkanes of at least 4 members (excludes halogenated alkanes) is 1. The fourth-order valence-corrected chi connectivity index (χ4v) is 0.913. The van der Waals surface area contributed by atoms with Gasteiger partial charge in [0.1, 0.15) is 6.10 Å². The van der Waals surface area contributed by atoms with Gasteiger partial charge in [0.25, 0.3) is 5.92 Å². The molecule has 0 aromatic carbocycles. The molecular formula is C8H16F2O2. The van der Waals surface area contributed by atoms with Crippen molar-refractivity contribution in [2.45, 2.75) is 44.6 Å². The summed E-state index contributed by atoms with van der Waals surface area (Å²) in [5.41, 5.74) is 0. The Morgan fingerprint density at radius 3 is 2.42 bits per heavy atom. The standard InChI is InChI=1S/C8H16F2O2/c1-2-3-5-8(9,10)7(12)4-6-11/h7,11-12H,2-6H2,1H3. The molecule has 0 rings (SSSR count). The van der Waals surface area contributed by atoms with Gasteiger partial charge in [0.2, 0.25) is 0 Å². The second-order valence-corrected chi connectivity index (χ2v) is 2.89. The zero-order chi connectivity index (χ0) is 9.61. The number of aliphatic hydroxyl groups is 2. The molecule has 4 heteroatoms. The van der Waals surface area contributed by atoms with Gasteiger partial charge >= 0.3 is 0 Å². The van der Waals surface area contributed by atoms with Gasteiger partial charge in [0, 0.05) is 19.4 Å². The topological polar surface area (TPSA) is 40.5 Å². The fourth-order valence-electron chi connectivity index (χ4n) is 0.913. The summed E-state index contributed by atoms with van der Waals surface area (Å²) in [4.78, 5) is 0. The van der Waals surface area contributed by atoms with Crippen LogP contribution in [0.15, 0.2) is 0 Å². The van der Waals surface area contributed by atoms with Gasteiger partial charge in [0.15, 0.2) is 0 Å². The highest BCUT2D eigenvalue weighted by molar-refractivity contribution is 4.75. The van der Waals surface area contributed by atoms with Crippen LogP contribution in [0.5, 0.6) is 0 Å². The van der Waals surface area contributed by atoms with E-state index < -0.39 is 18.6 Å². The smallest absolute Gasteiger partial charge is 0.273 e. The molecule has 0 fully saturated rings. The number of aliphatic hydroxyl groups excluding tert-OH is 2. The Labute approximate surface area is 71.2 Å². The molecular weight excluding hydrogens is 166 g/mol. The molecule has 1 unspecified atom stereocenters. The van der Waals surface area contributed by atoms with Gasteiger partial charge in [-0.25, -0.2) is 8.78 Å². The minimum Gasteiger partial charge on any atom is -0.396 e. The maximum Gasteiger partial charge on any atom is 0.273 e. The molecule has 0 aromatic rings. The Kier molecular flexibility index (Phi) is 5.33. The Morgan fingerprint density at radius 2 is 2.00 bits per heavy atom. The van der Waals surface area contributed by atoms with Crippen LogP contribution in [0.4, 0.5) is 8.78 Å². The highest BCUT2D eigenvalue weighted by Gasteiger charge is 2.36. The van der Waals surface area contributed by atoms with E-state index in [-0.39, 0.29) is 12.8 Å². The first-order chi connectivity index (χ1) is 5.54. The van der Waals surface area contributed by atoms with E-state index >= 15 is 0 Å². The lowest BCUT2D eigenvalue weighted by Crippen LogP contribution is -2.34. The molecule has 1 atom stereocenters. The van der Waals surface area contributed by atoms with E-state index in [1.807, 2.05) is 6.92 Å². The lowest BCUT2D eigenvalue weighted by atomic mass is 10.0. The van der Waals surface area contributed by atoms with Crippen molar-refractivity contribution < 1.29 is 19.0 Å². The minimum absolute atomic E-state index is 0.253. The molecule has 0 spiro atoms. The molecule has 0 aliphatic heterocycles. The maximum atomic E-state index is 12.8. The van der Waals surface area contributed by atoms with E-state index in [2.05, 4.69) is 0 Å². The molecule has 0 saturated carbocycles. The Hall–Kier alpha value is -0.220. The third-order valence-corrected chi connectivity index (χ3v) is 1.75. The van der Waals surface area contributed by atoms with Crippen LogP contribution in [-0.2, 0) is 0 Å². The van der Waals surface area contributed by atoms with Gasteiger partial charge in [-0.05, 0) is 6.42 Å². The third kappa shape index (κ3) is 3.97. The summed E-state index contributed by atoms with van der Waals surface area (Å²) in [5.74, 6) is -3.04. The molecule has 0 aliphatic rings. The minimum atomic E-state index is -3.04. The monoisotopic (exact) mass is 182 g/mol. The molecule has 0 aromatic heterocycles. The summed E-state index contributed by atoms with van der Waals surface area (Å²) in [6.45, 7) is 1.41. The number of alkyl halides is 2. The van der Waals surface area contributed by atoms with Crippen LogP contribution in [0.3, 0.4) is 0 Å². The van der Waals surface area contributed by atoms with Crippen LogP contribution in [0, 0.1) is 0 Å². The molecule has 0 saturated heterocycles. The van der Waals surface area contributed by atoms with Crippen LogP contribution in [0.2, 0.25) is 0 Å². The number of halogens is 2. The zero-order valence-electron chi connectivity index (χ0n) is 7.26. The predicted octanol–water partition coefficient (Wildman–Crippen LogP) is 1.56. The van der Waals surface area contributed by atoms with Crippen molar-refractivity contribution >= 4 is 0 Å². The lowest BCUT2D eigenvalue weighted by molar-refractivity contribution is -0.120. The van der Waals surface area contributed by atoms with Gasteiger partial charge in [-0.2, -0.15) is 0 Å². The summed E-state index contributed by atoms with van der Waals surface area (Å²) >= 11 is 0. The van der Waals surface area contributed by atoms with Crippen LogP contribution < -0.4 is 0 Å². The summed E-state index contributed by atoms with van der Waals surface area (Å²) in [5, 5.41) is 17.2. The molecule has 0 bridgehead atoms.